The van der Waals surface area contributed by atoms with E-state index < -0.39 is 32.6 Å². The van der Waals surface area contributed by atoms with Gasteiger partial charge >= 0.3 is 12.1 Å². The molecule has 0 heterocycles. The molecule has 0 amide bonds. The minimum Gasteiger partial charge on any atom is -0.469 e. The standard InChI is InChI=1S/C11H11ClF3NO4S/c1-20-10(17)4-5-16-21(18,19)9-3-2-7(12)6-8(9)11(13,14)15/h2-3,6,16H,4-5H2,1H3. The smallest absolute Gasteiger partial charge is 0.417 e. The van der Waals surface area contributed by atoms with E-state index in [0.717, 1.165) is 19.2 Å². The fourth-order valence-electron chi connectivity index (χ4n) is 1.43. The molecule has 0 aliphatic rings. The third-order valence-electron chi connectivity index (χ3n) is 2.39. The molecular weight excluding hydrogens is 335 g/mol. The minimum atomic E-state index is -4.88. The molecule has 118 valence electrons. The number of esters is 1. The van der Waals surface area contributed by atoms with Gasteiger partial charge in [0.05, 0.1) is 24.0 Å². The highest BCUT2D eigenvalue weighted by molar-refractivity contribution is 7.89. The van der Waals surface area contributed by atoms with Gasteiger partial charge in [0, 0.05) is 11.6 Å². The third kappa shape index (κ3) is 4.87. The molecule has 0 radical (unpaired) electrons. The quantitative estimate of drug-likeness (QED) is 0.830. The van der Waals surface area contributed by atoms with Gasteiger partial charge in [-0.2, -0.15) is 13.2 Å². The van der Waals surface area contributed by atoms with E-state index in [2.05, 4.69) is 4.74 Å². The van der Waals surface area contributed by atoms with Crippen molar-refractivity contribution in [2.24, 2.45) is 0 Å². The van der Waals surface area contributed by atoms with Gasteiger partial charge in [0.2, 0.25) is 10.0 Å². The zero-order chi connectivity index (χ0) is 16.3. The van der Waals surface area contributed by atoms with E-state index in [9.17, 15) is 26.4 Å². The molecule has 0 aromatic heterocycles. The summed E-state index contributed by atoms with van der Waals surface area (Å²) in [6.07, 6.45) is -5.18. The molecule has 1 N–H and O–H groups in total. The maximum atomic E-state index is 12.8. The number of rotatable bonds is 5. The van der Waals surface area contributed by atoms with E-state index in [1.54, 1.807) is 0 Å². The van der Waals surface area contributed by atoms with Crippen molar-refractivity contribution < 1.29 is 31.1 Å². The van der Waals surface area contributed by atoms with Crippen LogP contribution in [-0.4, -0.2) is 28.0 Å². The van der Waals surface area contributed by atoms with Gasteiger partial charge in [0.25, 0.3) is 0 Å². The molecule has 1 aromatic rings. The average molecular weight is 346 g/mol. The number of alkyl halides is 3. The fraction of sp³-hybridized carbons (Fsp3) is 0.364. The molecule has 0 spiro atoms. The number of benzene rings is 1. The van der Waals surface area contributed by atoms with Crippen LogP contribution in [0.5, 0.6) is 0 Å². The molecule has 0 fully saturated rings. The lowest BCUT2D eigenvalue weighted by Gasteiger charge is -2.14. The van der Waals surface area contributed by atoms with Crippen LogP contribution in [0, 0.1) is 0 Å². The summed E-state index contributed by atoms with van der Waals surface area (Å²) in [4.78, 5) is 9.90. The number of sulfonamides is 1. The molecule has 0 atom stereocenters. The highest BCUT2D eigenvalue weighted by Gasteiger charge is 2.37. The van der Waals surface area contributed by atoms with Gasteiger partial charge in [-0.3, -0.25) is 4.79 Å². The molecule has 0 unspecified atom stereocenters. The Kier molecular flexibility index (Phi) is 5.60. The number of halogens is 4. The molecule has 0 saturated heterocycles. The molecule has 10 heteroatoms. The van der Waals surface area contributed by atoms with Gasteiger partial charge in [-0.15, -0.1) is 0 Å². The van der Waals surface area contributed by atoms with Crippen LogP contribution in [0.15, 0.2) is 23.1 Å². The lowest BCUT2D eigenvalue weighted by Crippen LogP contribution is -2.28. The van der Waals surface area contributed by atoms with Crippen molar-refractivity contribution in [1.82, 2.24) is 4.72 Å². The highest BCUT2D eigenvalue weighted by atomic mass is 35.5. The summed E-state index contributed by atoms with van der Waals surface area (Å²) >= 11 is 5.46. The largest absolute Gasteiger partial charge is 0.469 e. The van der Waals surface area contributed by atoms with Gasteiger partial charge < -0.3 is 4.74 Å². The van der Waals surface area contributed by atoms with Gasteiger partial charge in [-0.05, 0) is 18.2 Å². The van der Waals surface area contributed by atoms with Crippen molar-refractivity contribution in [1.29, 1.82) is 0 Å². The van der Waals surface area contributed by atoms with E-state index in [1.807, 2.05) is 4.72 Å². The Labute approximate surface area is 124 Å². The average Bonchev–Trinajstić information content (AvgIpc) is 2.36. The van der Waals surface area contributed by atoms with Crippen molar-refractivity contribution in [3.05, 3.63) is 28.8 Å². The number of hydrogen-bond acceptors (Lipinski definition) is 4. The maximum Gasteiger partial charge on any atom is 0.417 e. The third-order valence-corrected chi connectivity index (χ3v) is 4.14. The Morgan fingerprint density at radius 3 is 2.52 bits per heavy atom. The first-order valence-corrected chi connectivity index (χ1v) is 7.37. The molecule has 0 saturated carbocycles. The summed E-state index contributed by atoms with van der Waals surface area (Å²) in [6.45, 7) is -0.380. The normalized spacial score (nSPS) is 12.2. The Morgan fingerprint density at radius 2 is 2.00 bits per heavy atom. The van der Waals surface area contributed by atoms with Crippen molar-refractivity contribution >= 4 is 27.6 Å². The van der Waals surface area contributed by atoms with Crippen molar-refractivity contribution in [3.63, 3.8) is 0 Å². The predicted octanol–water partition coefficient (Wildman–Crippen LogP) is 2.20. The molecule has 1 aromatic carbocycles. The summed E-state index contributed by atoms with van der Waals surface area (Å²) < 4.78 is 68.5. The fourth-order valence-corrected chi connectivity index (χ4v) is 2.84. The Hall–Kier alpha value is -1.32. The second-order valence-corrected chi connectivity index (χ2v) is 6.03. The summed E-state index contributed by atoms with van der Waals surface area (Å²) in [5, 5.41) is -0.240. The molecule has 0 aliphatic heterocycles. The minimum absolute atomic E-state index is 0.240. The van der Waals surface area contributed by atoms with E-state index in [0.29, 0.717) is 6.07 Å². The van der Waals surface area contributed by atoms with Crippen LogP contribution in [0.4, 0.5) is 13.2 Å². The number of carbonyl (C=O) groups is 1. The van der Waals surface area contributed by atoms with Gasteiger partial charge in [-0.25, -0.2) is 13.1 Å². The number of carbonyl (C=O) groups excluding carboxylic acids is 1. The van der Waals surface area contributed by atoms with Gasteiger partial charge in [-0.1, -0.05) is 11.6 Å². The van der Waals surface area contributed by atoms with E-state index in [4.69, 9.17) is 11.6 Å². The zero-order valence-corrected chi connectivity index (χ0v) is 12.3. The van der Waals surface area contributed by atoms with Crippen molar-refractivity contribution in [2.45, 2.75) is 17.5 Å². The van der Waals surface area contributed by atoms with E-state index in [1.165, 1.54) is 0 Å². The maximum absolute atomic E-state index is 12.8. The van der Waals surface area contributed by atoms with Crippen LogP contribution in [-0.2, 0) is 25.7 Å². The molecule has 21 heavy (non-hydrogen) atoms. The van der Waals surface area contributed by atoms with Crippen molar-refractivity contribution in [3.8, 4) is 0 Å². The van der Waals surface area contributed by atoms with Crippen LogP contribution in [0.25, 0.3) is 0 Å². The second kappa shape index (κ2) is 6.63. The van der Waals surface area contributed by atoms with Crippen LogP contribution < -0.4 is 4.72 Å². The summed E-state index contributed by atoms with van der Waals surface area (Å²) in [7, 11) is -3.32. The van der Waals surface area contributed by atoms with Gasteiger partial charge in [0.1, 0.15) is 0 Å². The zero-order valence-electron chi connectivity index (χ0n) is 10.7. The van der Waals surface area contributed by atoms with Crippen LogP contribution >= 0.6 is 11.6 Å². The van der Waals surface area contributed by atoms with Crippen LogP contribution in [0.3, 0.4) is 0 Å². The Bertz CT molecular complexity index is 631. The number of hydrogen-bond donors (Lipinski definition) is 1. The van der Waals surface area contributed by atoms with E-state index >= 15 is 0 Å². The number of nitrogens with one attached hydrogen (secondary N) is 1. The monoisotopic (exact) mass is 345 g/mol. The first-order valence-electron chi connectivity index (χ1n) is 5.51. The predicted molar refractivity (Wildman–Crippen MR) is 68.3 cm³/mol. The number of methoxy groups -OCH3 is 1. The lowest BCUT2D eigenvalue weighted by molar-refractivity contribution is -0.141. The van der Waals surface area contributed by atoms with Crippen LogP contribution in [0.1, 0.15) is 12.0 Å². The molecule has 5 nitrogen and oxygen atoms in total. The first-order chi connectivity index (χ1) is 9.58. The van der Waals surface area contributed by atoms with Crippen molar-refractivity contribution in [2.75, 3.05) is 13.7 Å². The molecule has 0 aliphatic carbocycles. The topological polar surface area (TPSA) is 72.5 Å². The summed E-state index contributed by atoms with van der Waals surface area (Å²) in [5.74, 6) is -0.690. The summed E-state index contributed by atoms with van der Waals surface area (Å²) in [5.41, 5.74) is -1.37. The van der Waals surface area contributed by atoms with E-state index in [-0.39, 0.29) is 18.0 Å². The Balaban J connectivity index is 3.06. The molecular formula is C11H11ClF3NO4S. The van der Waals surface area contributed by atoms with Crippen LogP contribution in [0.2, 0.25) is 5.02 Å². The summed E-state index contributed by atoms with van der Waals surface area (Å²) in [6, 6.07) is 2.31. The Morgan fingerprint density at radius 1 is 1.38 bits per heavy atom. The molecule has 1 rings (SSSR count). The first kappa shape index (κ1) is 17.7. The second-order valence-electron chi connectivity index (χ2n) is 3.86. The van der Waals surface area contributed by atoms with Gasteiger partial charge in [0.15, 0.2) is 0 Å². The number of ether oxygens (including phenoxy) is 1. The highest BCUT2D eigenvalue weighted by Crippen LogP contribution is 2.35. The molecule has 0 bridgehead atoms. The SMILES string of the molecule is COC(=O)CCNS(=O)(=O)c1ccc(Cl)cc1C(F)(F)F. The lowest BCUT2D eigenvalue weighted by atomic mass is 10.2.